The minimum Gasteiger partial charge on any atom is -0.366 e. The highest BCUT2D eigenvalue weighted by atomic mass is 32.2. The van der Waals surface area contributed by atoms with Crippen molar-refractivity contribution in [3.63, 3.8) is 0 Å². The van der Waals surface area contributed by atoms with Crippen molar-refractivity contribution >= 4 is 21.8 Å². The molecule has 0 saturated carbocycles. The van der Waals surface area contributed by atoms with Crippen molar-refractivity contribution in [3.8, 4) is 0 Å². The van der Waals surface area contributed by atoms with Crippen molar-refractivity contribution in [1.82, 2.24) is 9.62 Å². The molecule has 0 aliphatic carbocycles. The number of hydrogen-bond donors (Lipinski definition) is 2. The van der Waals surface area contributed by atoms with Crippen molar-refractivity contribution in [3.05, 3.63) is 71.3 Å². The summed E-state index contributed by atoms with van der Waals surface area (Å²) in [5, 5.41) is 0. The zero-order chi connectivity index (χ0) is 20.1. The maximum absolute atomic E-state index is 12.6. The first-order chi connectivity index (χ1) is 13.3. The zero-order valence-electron chi connectivity index (χ0n) is 15.4. The Bertz CT molecular complexity index is 960. The fraction of sp³-hybridized carbons (Fsp3) is 0.300. The fourth-order valence-electron chi connectivity index (χ4n) is 3.22. The summed E-state index contributed by atoms with van der Waals surface area (Å²) >= 11 is 0. The van der Waals surface area contributed by atoms with Gasteiger partial charge in [-0.2, -0.15) is 0 Å². The second-order valence-electron chi connectivity index (χ2n) is 6.84. The van der Waals surface area contributed by atoms with Gasteiger partial charge in [-0.3, -0.25) is 9.59 Å². The summed E-state index contributed by atoms with van der Waals surface area (Å²) < 4.78 is 27.2. The number of nitrogens with zero attached hydrogens (tertiary/aromatic N) is 1. The quantitative estimate of drug-likeness (QED) is 0.689. The minimum atomic E-state index is -3.57. The van der Waals surface area contributed by atoms with Gasteiger partial charge in [0.2, 0.25) is 21.8 Å². The zero-order valence-corrected chi connectivity index (χ0v) is 16.2. The molecule has 28 heavy (non-hydrogen) atoms. The summed E-state index contributed by atoms with van der Waals surface area (Å²) in [6.07, 6.45) is 0.805. The van der Waals surface area contributed by atoms with Gasteiger partial charge in [-0.15, -0.1) is 0 Å². The Hall–Kier alpha value is -2.71. The molecular formula is C20H23N3O4S. The maximum atomic E-state index is 12.6. The van der Waals surface area contributed by atoms with Crippen LogP contribution in [0.5, 0.6) is 0 Å². The van der Waals surface area contributed by atoms with E-state index in [-0.39, 0.29) is 11.7 Å². The van der Waals surface area contributed by atoms with Gasteiger partial charge in [0.05, 0.1) is 5.75 Å². The third-order valence-electron chi connectivity index (χ3n) is 4.71. The van der Waals surface area contributed by atoms with E-state index in [4.69, 9.17) is 5.73 Å². The predicted octanol–water partition coefficient (Wildman–Crippen LogP) is 1.05. The molecule has 1 atom stereocenters. The van der Waals surface area contributed by atoms with Crippen LogP contribution < -0.4 is 10.5 Å². The number of hydrogen-bond acceptors (Lipinski definition) is 4. The van der Waals surface area contributed by atoms with Crippen molar-refractivity contribution in [2.45, 2.75) is 25.4 Å². The van der Waals surface area contributed by atoms with Gasteiger partial charge in [0.1, 0.15) is 6.04 Å². The van der Waals surface area contributed by atoms with Crippen LogP contribution in [-0.4, -0.2) is 43.5 Å². The van der Waals surface area contributed by atoms with Crippen LogP contribution in [0, 0.1) is 0 Å². The van der Waals surface area contributed by atoms with Gasteiger partial charge < -0.3 is 10.6 Å². The molecule has 2 amide bonds. The molecule has 8 heteroatoms. The third-order valence-corrected chi connectivity index (χ3v) is 6.09. The van der Waals surface area contributed by atoms with Crippen molar-refractivity contribution in [2.75, 3.05) is 12.3 Å². The number of primary amides is 1. The number of carbonyl (C=O) groups excluding carboxylic acids is 2. The number of aryl methyl sites for hydroxylation is 1. The highest BCUT2D eigenvalue weighted by molar-refractivity contribution is 7.89. The minimum absolute atomic E-state index is 0.0680. The molecule has 1 aliphatic heterocycles. The number of likely N-dealkylation sites (tertiary alicyclic amines) is 1. The van der Waals surface area contributed by atoms with Gasteiger partial charge in [0.15, 0.2) is 0 Å². The number of carbonyl (C=O) groups is 2. The molecule has 2 aromatic rings. The molecule has 0 aromatic heterocycles. The SMILES string of the molecule is NC(=O)c1cccc(CN2CC[C@H](NS(=O)(=O)CCc3ccccc3)C2=O)c1. The first-order valence-electron chi connectivity index (χ1n) is 9.05. The second-order valence-corrected chi connectivity index (χ2v) is 8.71. The van der Waals surface area contributed by atoms with E-state index in [1.54, 1.807) is 29.2 Å². The van der Waals surface area contributed by atoms with E-state index in [1.807, 2.05) is 30.3 Å². The van der Waals surface area contributed by atoms with E-state index >= 15 is 0 Å². The second kappa shape index (κ2) is 8.53. The molecule has 0 unspecified atom stereocenters. The molecule has 0 bridgehead atoms. The monoisotopic (exact) mass is 401 g/mol. The van der Waals surface area contributed by atoms with Crippen molar-refractivity contribution in [2.24, 2.45) is 5.73 Å². The Morgan fingerprint density at radius 1 is 1.11 bits per heavy atom. The topological polar surface area (TPSA) is 110 Å². The molecule has 3 N–H and O–H groups in total. The van der Waals surface area contributed by atoms with Crippen LogP contribution in [-0.2, 0) is 27.8 Å². The third kappa shape index (κ3) is 5.17. The molecule has 3 rings (SSSR count). The first-order valence-corrected chi connectivity index (χ1v) is 10.7. The Morgan fingerprint density at radius 3 is 2.54 bits per heavy atom. The number of sulfonamides is 1. The maximum Gasteiger partial charge on any atom is 0.248 e. The molecule has 1 fully saturated rings. The van der Waals surface area contributed by atoms with Gasteiger partial charge in [0.25, 0.3) is 0 Å². The molecule has 1 heterocycles. The van der Waals surface area contributed by atoms with Crippen LogP contribution in [0.3, 0.4) is 0 Å². The summed E-state index contributed by atoms with van der Waals surface area (Å²) in [4.78, 5) is 25.5. The normalized spacial score (nSPS) is 17.1. The Morgan fingerprint density at radius 2 is 1.82 bits per heavy atom. The molecule has 148 valence electrons. The molecule has 1 saturated heterocycles. The van der Waals surface area contributed by atoms with Gasteiger partial charge >= 0.3 is 0 Å². The van der Waals surface area contributed by atoms with Crippen LogP contribution in [0.1, 0.15) is 27.9 Å². The molecule has 0 spiro atoms. The lowest BCUT2D eigenvalue weighted by Crippen LogP contribution is -2.42. The number of nitrogens with one attached hydrogen (secondary N) is 1. The van der Waals surface area contributed by atoms with E-state index in [0.717, 1.165) is 11.1 Å². The highest BCUT2D eigenvalue weighted by Gasteiger charge is 2.34. The van der Waals surface area contributed by atoms with E-state index in [9.17, 15) is 18.0 Å². The summed E-state index contributed by atoms with van der Waals surface area (Å²) in [7, 11) is -3.57. The predicted molar refractivity (Wildman–Crippen MR) is 106 cm³/mol. The first kappa shape index (κ1) is 20.0. The Labute approximate surface area is 164 Å². The van der Waals surface area contributed by atoms with Gasteiger partial charge in [0, 0.05) is 18.7 Å². The smallest absolute Gasteiger partial charge is 0.248 e. The van der Waals surface area contributed by atoms with Gasteiger partial charge in [-0.1, -0.05) is 42.5 Å². The Kier molecular flexibility index (Phi) is 6.11. The fourth-order valence-corrected chi connectivity index (χ4v) is 4.50. The average molecular weight is 401 g/mol. The summed E-state index contributed by atoms with van der Waals surface area (Å²) in [6.45, 7) is 0.758. The van der Waals surface area contributed by atoms with Crippen molar-refractivity contribution < 1.29 is 18.0 Å². The van der Waals surface area contributed by atoms with Gasteiger partial charge in [-0.25, -0.2) is 13.1 Å². The number of amides is 2. The van der Waals surface area contributed by atoms with E-state index in [2.05, 4.69) is 4.72 Å². The van der Waals surface area contributed by atoms with E-state index in [0.29, 0.717) is 31.5 Å². The van der Waals surface area contributed by atoms with Crippen LogP contribution in [0.25, 0.3) is 0 Å². The molecule has 1 aliphatic rings. The summed E-state index contributed by atoms with van der Waals surface area (Å²) in [6, 6.07) is 15.4. The standard InChI is InChI=1S/C20H23N3O4S/c21-19(24)17-8-4-7-16(13-17)14-23-11-9-18(20(23)25)22-28(26,27)12-10-15-5-2-1-3-6-15/h1-8,13,18,22H,9-12,14H2,(H2,21,24)/t18-/m0/s1. The Balaban J connectivity index is 1.57. The number of rotatable bonds is 8. The molecular weight excluding hydrogens is 378 g/mol. The summed E-state index contributed by atoms with van der Waals surface area (Å²) in [5.74, 6) is -0.854. The number of nitrogens with two attached hydrogens (primary N) is 1. The molecule has 2 aromatic carbocycles. The largest absolute Gasteiger partial charge is 0.366 e. The summed E-state index contributed by atoms with van der Waals surface area (Å²) in [5.41, 5.74) is 7.37. The van der Waals surface area contributed by atoms with Gasteiger partial charge in [-0.05, 0) is 36.1 Å². The molecule has 7 nitrogen and oxygen atoms in total. The van der Waals surface area contributed by atoms with Crippen molar-refractivity contribution in [1.29, 1.82) is 0 Å². The van der Waals surface area contributed by atoms with Crippen LogP contribution in [0.4, 0.5) is 0 Å². The van der Waals surface area contributed by atoms with E-state index < -0.39 is 22.0 Å². The lowest BCUT2D eigenvalue weighted by Gasteiger charge is -2.17. The lowest BCUT2D eigenvalue weighted by molar-refractivity contribution is -0.129. The van der Waals surface area contributed by atoms with E-state index in [1.165, 1.54) is 0 Å². The van der Waals surface area contributed by atoms with Crippen LogP contribution in [0.15, 0.2) is 54.6 Å². The number of benzene rings is 2. The lowest BCUT2D eigenvalue weighted by atomic mass is 10.1. The average Bonchev–Trinajstić information content (AvgIpc) is 3.00. The molecule has 0 radical (unpaired) electrons. The highest BCUT2D eigenvalue weighted by Crippen LogP contribution is 2.17. The van der Waals surface area contributed by atoms with Crippen LogP contribution in [0.2, 0.25) is 0 Å². The van der Waals surface area contributed by atoms with Crippen LogP contribution >= 0.6 is 0 Å².